The van der Waals surface area contributed by atoms with E-state index in [1.165, 1.54) is 0 Å². The fourth-order valence-corrected chi connectivity index (χ4v) is 2.49. The van der Waals surface area contributed by atoms with Gasteiger partial charge in [0.05, 0.1) is 0 Å². The van der Waals surface area contributed by atoms with Gasteiger partial charge in [-0.2, -0.15) is 0 Å². The minimum absolute atomic E-state index is 5.55. The molecule has 88 valence electrons. The van der Waals surface area contributed by atoms with Gasteiger partial charge in [-0.25, -0.2) is 0 Å². The van der Waals surface area contributed by atoms with Gasteiger partial charge in [0.1, 0.15) is 0 Å². The molecule has 0 aromatic rings. The topological polar surface area (TPSA) is 0 Å². The molecule has 0 amide bonds. The Morgan fingerprint density at radius 2 is 0.667 bits per heavy atom. The molecule has 0 N–H and O–H groups in total. The van der Waals surface area contributed by atoms with E-state index in [1.54, 1.807) is 0 Å². The second-order valence-corrected chi connectivity index (χ2v) is 7.05. The van der Waals surface area contributed by atoms with Crippen molar-refractivity contribution in [1.82, 2.24) is 0 Å². The summed E-state index contributed by atoms with van der Waals surface area (Å²) in [6.07, 6.45) is -12.7. The van der Waals surface area contributed by atoms with Crippen LogP contribution in [-0.2, 0) is 17.1 Å². The van der Waals surface area contributed by atoms with Crippen LogP contribution in [0.4, 0.5) is 43.9 Å². The molecular weight excluding hydrogens is 303 g/mol. The summed E-state index contributed by atoms with van der Waals surface area (Å²) < 4.78 is 104. The Kier molecular flexibility index (Phi) is 3.72. The summed E-state index contributed by atoms with van der Waals surface area (Å²) in [5.74, 6) is 0. The third-order valence-corrected chi connectivity index (χ3v) is 4.82. The first kappa shape index (κ1) is 14.9. The fraction of sp³-hybridized carbons (Fsp3) is 1.00. The molecule has 0 atom stereocenters. The van der Waals surface area contributed by atoms with Gasteiger partial charge in [0.25, 0.3) is 0 Å². The van der Waals surface area contributed by atoms with Crippen LogP contribution in [0.15, 0.2) is 0 Å². The predicted octanol–water partition coefficient (Wildman–Crippen LogP) is 3.38. The summed E-state index contributed by atoms with van der Waals surface area (Å²) in [4.78, 5) is 0. The molecule has 0 unspecified atom stereocenters. The number of halogens is 10. The Bertz CT molecular complexity index is 199. The molecule has 0 radical (unpaired) electrons. The van der Waals surface area contributed by atoms with E-state index in [9.17, 15) is 43.9 Å². The maximum absolute atomic E-state index is 11.9. The average molecular weight is 303 g/mol. The van der Waals surface area contributed by atoms with E-state index < -0.39 is 38.5 Å². The van der Waals surface area contributed by atoms with Gasteiger partial charge in [0.15, 0.2) is 0 Å². The van der Waals surface area contributed by atoms with Crippen LogP contribution < -0.4 is 0 Å². The van der Waals surface area contributed by atoms with Crippen LogP contribution in [0.25, 0.3) is 0 Å². The second-order valence-electron chi connectivity index (χ2n) is 2.58. The van der Waals surface area contributed by atoms with Gasteiger partial charge in [-0.15, -0.1) is 0 Å². The maximum atomic E-state index is 11.9. The van der Waals surface area contributed by atoms with Crippen LogP contribution in [0.2, 0.25) is 0 Å². The van der Waals surface area contributed by atoms with Crippen molar-refractivity contribution < 1.29 is 61.0 Å². The van der Waals surface area contributed by atoms with Crippen molar-refractivity contribution in [2.75, 3.05) is 0 Å². The van der Waals surface area contributed by atoms with Gasteiger partial charge in [0.2, 0.25) is 0 Å². The monoisotopic (exact) mass is 302 g/mol. The molecule has 0 saturated carbocycles. The predicted molar refractivity (Wildman–Crippen MR) is 22.0 cm³/mol. The third-order valence-electron chi connectivity index (χ3n) is 1.27. The van der Waals surface area contributed by atoms with Crippen molar-refractivity contribution in [1.29, 1.82) is 0 Å². The van der Waals surface area contributed by atoms with E-state index in [0.29, 0.717) is 0 Å². The van der Waals surface area contributed by atoms with Crippen molar-refractivity contribution in [3.05, 3.63) is 0 Å². The van der Waals surface area contributed by atoms with Gasteiger partial charge in [-0.3, -0.25) is 0 Å². The number of alkyl halides is 10. The molecule has 0 nitrogen and oxygen atoms in total. The molecule has 0 aliphatic rings. The van der Waals surface area contributed by atoms with Crippen LogP contribution >= 0.6 is 0 Å². The Morgan fingerprint density at radius 3 is 0.800 bits per heavy atom. The van der Waals surface area contributed by atoms with E-state index in [4.69, 9.17) is 0 Å². The van der Waals surface area contributed by atoms with E-state index in [-0.39, 0.29) is 0 Å². The Balaban J connectivity index is 4.89. The summed E-state index contributed by atoms with van der Waals surface area (Å²) in [5, 5.41) is 0. The molecule has 0 aromatic carbocycles. The summed E-state index contributed by atoms with van der Waals surface area (Å²) >= 11 is -5.55. The molecule has 0 aliphatic carbocycles. The van der Waals surface area contributed by atoms with Gasteiger partial charge in [-0.1, -0.05) is 0 Å². The van der Waals surface area contributed by atoms with E-state index >= 15 is 0 Å². The van der Waals surface area contributed by atoms with Crippen molar-refractivity contribution >= 4 is 0 Å². The van der Waals surface area contributed by atoms with Crippen molar-refractivity contribution in [2.45, 2.75) is 21.4 Å². The first-order valence-electron chi connectivity index (χ1n) is 3.10. The van der Waals surface area contributed by atoms with Crippen LogP contribution in [0.1, 0.15) is 0 Å². The van der Waals surface area contributed by atoms with Crippen molar-refractivity contribution in [3.63, 3.8) is 0 Å². The van der Waals surface area contributed by atoms with Gasteiger partial charge >= 0.3 is 82.4 Å². The first-order chi connectivity index (χ1) is 6.21. The molecule has 15 heavy (non-hydrogen) atoms. The third kappa shape index (κ3) is 3.46. The van der Waals surface area contributed by atoms with E-state index in [0.717, 1.165) is 0 Å². The van der Waals surface area contributed by atoms with E-state index in [2.05, 4.69) is 0 Å². The van der Waals surface area contributed by atoms with Crippen molar-refractivity contribution in [2.24, 2.45) is 0 Å². The first-order valence-corrected chi connectivity index (χ1v) is 6.06. The number of hydrogen-bond acceptors (Lipinski definition) is 0. The zero-order chi connectivity index (χ0) is 12.7. The molecule has 0 spiro atoms. The molecule has 0 rings (SSSR count). The Morgan fingerprint density at radius 1 is 0.467 bits per heavy atom. The van der Waals surface area contributed by atoms with Gasteiger partial charge in [0, 0.05) is 0 Å². The molecule has 0 heterocycles. The van der Waals surface area contributed by atoms with Crippen LogP contribution in [-0.4, -0.2) is 21.4 Å². The van der Waals surface area contributed by atoms with Gasteiger partial charge in [-0.05, 0) is 0 Å². The Hall–Kier alpha value is -0.0766. The summed E-state index contributed by atoms with van der Waals surface area (Å²) in [6.45, 7) is 0. The zero-order valence-electron chi connectivity index (χ0n) is 6.49. The molecular formula is C4F10Zn. The molecule has 0 bridgehead atoms. The zero-order valence-corrected chi connectivity index (χ0v) is 9.45. The van der Waals surface area contributed by atoms with Crippen molar-refractivity contribution in [3.8, 4) is 0 Å². The standard InChI is InChI=1S/2C2F5.Zn/c2*3-1(4)2(5,6)7;. The van der Waals surface area contributed by atoms with Crippen LogP contribution in [0.5, 0.6) is 0 Å². The normalized spacial score (nSPS) is 15.1. The average Bonchev–Trinajstić information content (AvgIpc) is 1.77. The fourth-order valence-electron chi connectivity index (χ4n) is 0.479. The quantitative estimate of drug-likeness (QED) is 0.542. The molecule has 0 saturated heterocycles. The van der Waals surface area contributed by atoms with Crippen LogP contribution in [0, 0.1) is 0 Å². The number of hydrogen-bond donors (Lipinski definition) is 0. The van der Waals surface area contributed by atoms with Crippen LogP contribution in [0.3, 0.4) is 0 Å². The summed E-state index contributed by atoms with van der Waals surface area (Å²) in [7, 11) is 0. The molecule has 0 aromatic heterocycles. The Labute approximate surface area is 83.2 Å². The number of rotatable bonds is 2. The summed E-state index contributed by atoms with van der Waals surface area (Å²) in [5.41, 5.74) is 0. The van der Waals surface area contributed by atoms with Gasteiger partial charge < -0.3 is 0 Å². The molecule has 11 heteroatoms. The van der Waals surface area contributed by atoms with E-state index in [1.807, 2.05) is 0 Å². The SMILES string of the molecule is FC(F)(F)[C](F)(F)[Zn][C](F)(F)C(F)(F)F. The molecule has 0 fully saturated rings. The summed E-state index contributed by atoms with van der Waals surface area (Å²) in [6, 6.07) is 0. The second kappa shape index (κ2) is 3.74. The minimum atomic E-state index is -6.36. The molecule has 0 aliphatic heterocycles.